The standard InChI is InChI=1S/C15H8Br2Cl2F3N3O4/c1-2-23(14-11(16)8(18)5-9(19)12(14)17)13-7(15(20,21)22)3-6(24(26)27)4-10(13)25(28)29/h3-5H,2H2,1H3. The van der Waals surface area contributed by atoms with Gasteiger partial charge in [0.1, 0.15) is 5.69 Å². The number of rotatable bonds is 5. The molecule has 29 heavy (non-hydrogen) atoms. The fourth-order valence-corrected chi connectivity index (χ4v) is 4.35. The van der Waals surface area contributed by atoms with Crippen molar-refractivity contribution in [2.24, 2.45) is 0 Å². The Morgan fingerprint density at radius 3 is 1.90 bits per heavy atom. The molecule has 0 aliphatic carbocycles. The third kappa shape index (κ3) is 4.60. The van der Waals surface area contributed by atoms with Gasteiger partial charge in [0.15, 0.2) is 0 Å². The van der Waals surface area contributed by atoms with Crippen LogP contribution in [0.1, 0.15) is 12.5 Å². The number of anilines is 2. The summed E-state index contributed by atoms with van der Waals surface area (Å²) < 4.78 is 41.5. The van der Waals surface area contributed by atoms with Gasteiger partial charge in [0.25, 0.3) is 11.4 Å². The monoisotopic (exact) mass is 579 g/mol. The summed E-state index contributed by atoms with van der Waals surface area (Å²) in [5, 5.41) is 22.7. The Labute approximate surface area is 187 Å². The molecule has 7 nitrogen and oxygen atoms in total. The number of nitro groups is 2. The highest BCUT2D eigenvalue weighted by Gasteiger charge is 2.42. The van der Waals surface area contributed by atoms with E-state index in [2.05, 4.69) is 31.9 Å². The summed E-state index contributed by atoms with van der Waals surface area (Å²) in [6.07, 6.45) is -5.12. The number of nitro benzene ring substituents is 2. The van der Waals surface area contributed by atoms with Crippen molar-refractivity contribution >= 4 is 77.8 Å². The molecular formula is C15H8Br2Cl2F3N3O4. The van der Waals surface area contributed by atoms with Gasteiger partial charge in [-0.15, -0.1) is 0 Å². The Kier molecular flexibility index (Phi) is 7.03. The summed E-state index contributed by atoms with van der Waals surface area (Å²) in [5.41, 5.74) is -4.59. The Morgan fingerprint density at radius 2 is 1.52 bits per heavy atom. The minimum Gasteiger partial charge on any atom is -0.334 e. The normalized spacial score (nSPS) is 11.4. The van der Waals surface area contributed by atoms with Gasteiger partial charge in [-0.25, -0.2) is 0 Å². The average Bonchev–Trinajstić information content (AvgIpc) is 2.61. The van der Waals surface area contributed by atoms with Gasteiger partial charge in [-0.3, -0.25) is 20.2 Å². The van der Waals surface area contributed by atoms with Gasteiger partial charge < -0.3 is 4.90 Å². The summed E-state index contributed by atoms with van der Waals surface area (Å²) in [6, 6.07) is 2.05. The maximum Gasteiger partial charge on any atom is 0.418 e. The first-order valence-corrected chi connectivity index (χ1v) is 9.79. The lowest BCUT2D eigenvalue weighted by Gasteiger charge is -2.28. The van der Waals surface area contributed by atoms with Crippen LogP contribution >= 0.6 is 55.1 Å². The molecule has 0 saturated carbocycles. The summed E-state index contributed by atoms with van der Waals surface area (Å²) >= 11 is 18.4. The van der Waals surface area contributed by atoms with Crippen LogP contribution < -0.4 is 4.90 Å². The van der Waals surface area contributed by atoms with E-state index in [9.17, 15) is 33.4 Å². The number of hydrogen-bond acceptors (Lipinski definition) is 5. The number of hydrogen-bond donors (Lipinski definition) is 0. The number of nitrogens with zero attached hydrogens (tertiary/aromatic N) is 3. The van der Waals surface area contributed by atoms with E-state index in [0.29, 0.717) is 6.07 Å². The van der Waals surface area contributed by atoms with Crippen LogP contribution in [-0.2, 0) is 6.18 Å². The molecule has 0 aliphatic rings. The van der Waals surface area contributed by atoms with Crippen LogP contribution in [0.25, 0.3) is 0 Å². The van der Waals surface area contributed by atoms with E-state index in [4.69, 9.17) is 23.2 Å². The third-order valence-electron chi connectivity index (χ3n) is 3.73. The molecule has 0 saturated heterocycles. The Morgan fingerprint density at radius 1 is 1.00 bits per heavy atom. The molecule has 2 aromatic carbocycles. The molecule has 0 bridgehead atoms. The number of alkyl halides is 3. The van der Waals surface area contributed by atoms with Crippen LogP contribution in [0.5, 0.6) is 0 Å². The molecule has 0 spiro atoms. The minimum atomic E-state index is -5.12. The quantitative estimate of drug-likeness (QED) is 0.207. The smallest absolute Gasteiger partial charge is 0.334 e. The van der Waals surface area contributed by atoms with Crippen molar-refractivity contribution in [2.45, 2.75) is 13.1 Å². The molecule has 0 radical (unpaired) electrons. The van der Waals surface area contributed by atoms with Crippen molar-refractivity contribution in [3.8, 4) is 0 Å². The van der Waals surface area contributed by atoms with Crippen molar-refractivity contribution in [1.82, 2.24) is 0 Å². The van der Waals surface area contributed by atoms with Gasteiger partial charge in [-0.05, 0) is 44.8 Å². The molecular weight excluding hydrogens is 574 g/mol. The van der Waals surface area contributed by atoms with Gasteiger partial charge in [0.05, 0.1) is 46.2 Å². The molecule has 0 aliphatic heterocycles. The fraction of sp³-hybridized carbons (Fsp3) is 0.200. The van der Waals surface area contributed by atoms with E-state index in [1.807, 2.05) is 0 Å². The van der Waals surface area contributed by atoms with E-state index >= 15 is 0 Å². The first-order chi connectivity index (χ1) is 13.3. The van der Waals surface area contributed by atoms with Crippen LogP contribution in [0.15, 0.2) is 27.1 Å². The second-order valence-electron chi connectivity index (χ2n) is 5.43. The topological polar surface area (TPSA) is 89.5 Å². The molecule has 156 valence electrons. The molecule has 14 heteroatoms. The van der Waals surface area contributed by atoms with Crippen LogP contribution in [0.3, 0.4) is 0 Å². The molecule has 0 unspecified atom stereocenters. The lowest BCUT2D eigenvalue weighted by Crippen LogP contribution is -2.23. The van der Waals surface area contributed by atoms with E-state index < -0.39 is 38.6 Å². The SMILES string of the molecule is CCN(c1c([N+](=O)[O-])cc([N+](=O)[O-])cc1C(F)(F)F)c1c(Br)c(Cl)cc(Cl)c1Br. The zero-order valence-corrected chi connectivity index (χ0v) is 18.7. The Bertz CT molecular complexity index is 995. The summed E-state index contributed by atoms with van der Waals surface area (Å²) in [5.74, 6) is 0. The van der Waals surface area contributed by atoms with Crippen molar-refractivity contribution in [3.05, 3.63) is 63.0 Å². The summed E-state index contributed by atoms with van der Waals surface area (Å²) in [4.78, 5) is 21.3. The van der Waals surface area contributed by atoms with Crippen LogP contribution in [0, 0.1) is 20.2 Å². The van der Waals surface area contributed by atoms with Gasteiger partial charge in [-0.2, -0.15) is 13.2 Å². The van der Waals surface area contributed by atoms with Crippen molar-refractivity contribution in [2.75, 3.05) is 11.4 Å². The zero-order chi connectivity index (χ0) is 22.3. The number of halogens is 7. The maximum absolute atomic E-state index is 13.8. The highest BCUT2D eigenvalue weighted by Crippen LogP contribution is 2.51. The fourth-order valence-electron chi connectivity index (χ4n) is 2.57. The van der Waals surface area contributed by atoms with Crippen LogP contribution in [-0.4, -0.2) is 16.4 Å². The first-order valence-electron chi connectivity index (χ1n) is 7.45. The average molecular weight is 582 g/mol. The van der Waals surface area contributed by atoms with Gasteiger partial charge in [0.2, 0.25) is 0 Å². The predicted octanol–water partition coefficient (Wildman–Crippen LogP) is 7.51. The molecule has 2 rings (SSSR count). The second kappa shape index (κ2) is 8.62. The lowest BCUT2D eigenvalue weighted by atomic mass is 10.1. The van der Waals surface area contributed by atoms with E-state index in [-0.39, 0.29) is 37.3 Å². The minimum absolute atomic E-state index is 0.00699. The zero-order valence-electron chi connectivity index (χ0n) is 14.1. The molecule has 0 atom stereocenters. The van der Waals surface area contributed by atoms with Crippen molar-refractivity contribution < 1.29 is 23.0 Å². The van der Waals surface area contributed by atoms with Crippen LogP contribution in [0.4, 0.5) is 35.9 Å². The Hall–Kier alpha value is -1.63. The third-order valence-corrected chi connectivity index (χ3v) is 6.39. The molecule has 0 amide bonds. The van der Waals surface area contributed by atoms with Crippen molar-refractivity contribution in [1.29, 1.82) is 0 Å². The summed E-state index contributed by atoms with van der Waals surface area (Å²) in [7, 11) is 0. The van der Waals surface area contributed by atoms with Gasteiger partial charge in [-0.1, -0.05) is 23.2 Å². The molecule has 0 N–H and O–H groups in total. The molecule has 0 fully saturated rings. The largest absolute Gasteiger partial charge is 0.418 e. The van der Waals surface area contributed by atoms with E-state index in [0.717, 1.165) is 4.90 Å². The van der Waals surface area contributed by atoms with E-state index in [1.54, 1.807) is 0 Å². The molecule has 0 heterocycles. The maximum atomic E-state index is 13.8. The summed E-state index contributed by atoms with van der Waals surface area (Å²) in [6.45, 7) is 1.26. The highest BCUT2D eigenvalue weighted by molar-refractivity contribution is 9.11. The number of benzene rings is 2. The van der Waals surface area contributed by atoms with Crippen LogP contribution in [0.2, 0.25) is 10.0 Å². The van der Waals surface area contributed by atoms with Crippen molar-refractivity contribution in [3.63, 3.8) is 0 Å². The highest BCUT2D eigenvalue weighted by atomic mass is 79.9. The second-order valence-corrected chi connectivity index (χ2v) is 7.83. The Balaban J connectivity index is 3.02. The van der Waals surface area contributed by atoms with E-state index in [1.165, 1.54) is 13.0 Å². The van der Waals surface area contributed by atoms with Gasteiger partial charge in [0, 0.05) is 12.6 Å². The number of non-ortho nitro benzene ring substituents is 1. The first kappa shape index (κ1) is 23.6. The predicted molar refractivity (Wildman–Crippen MR) is 109 cm³/mol. The lowest BCUT2D eigenvalue weighted by molar-refractivity contribution is -0.394. The molecule has 0 aromatic heterocycles. The molecule has 2 aromatic rings. The van der Waals surface area contributed by atoms with Gasteiger partial charge >= 0.3 is 6.18 Å².